The Bertz CT molecular complexity index is 317. The Morgan fingerprint density at radius 1 is 0.500 bits per heavy atom. The Hall–Kier alpha value is -2.12. The molecule has 0 radical (unpaired) electrons. The lowest BCUT2D eigenvalue weighted by atomic mass is 10.2. The van der Waals surface area contributed by atoms with Crippen LogP contribution in [-0.4, -0.2) is 52.3 Å². The second-order valence-corrected chi connectivity index (χ2v) is 4.01. The summed E-state index contributed by atoms with van der Waals surface area (Å²) in [6, 6.07) is 0. The van der Waals surface area contributed by atoms with E-state index in [0.29, 0.717) is 25.7 Å². The van der Waals surface area contributed by atoms with Crippen LogP contribution in [0.15, 0.2) is 0 Å². The molecule has 0 aliphatic rings. The molecule has 0 amide bonds. The first-order valence-electron chi connectivity index (χ1n) is 6.68. The SMILES string of the molecule is COC(=O)CCC(=O)OC.COC(=O)CCCCC(=O)OC. The third-order valence-electron chi connectivity index (χ3n) is 2.46. The van der Waals surface area contributed by atoms with Crippen LogP contribution in [0.2, 0.25) is 0 Å². The predicted molar refractivity (Wildman–Crippen MR) is 75.8 cm³/mol. The van der Waals surface area contributed by atoms with Gasteiger partial charge in [0.1, 0.15) is 0 Å². The minimum atomic E-state index is -0.398. The van der Waals surface area contributed by atoms with Crippen molar-refractivity contribution in [3.05, 3.63) is 0 Å². The van der Waals surface area contributed by atoms with Gasteiger partial charge >= 0.3 is 23.9 Å². The van der Waals surface area contributed by atoms with Crippen molar-refractivity contribution in [2.75, 3.05) is 28.4 Å². The molecule has 0 saturated carbocycles. The fraction of sp³-hybridized carbons (Fsp3) is 0.714. The summed E-state index contributed by atoms with van der Waals surface area (Å²) >= 11 is 0. The normalized spacial score (nSPS) is 8.91. The number of ether oxygens (including phenoxy) is 4. The zero-order valence-electron chi connectivity index (χ0n) is 13.5. The molecule has 0 saturated heterocycles. The summed E-state index contributed by atoms with van der Waals surface area (Å²) in [5.41, 5.74) is 0. The van der Waals surface area contributed by atoms with Gasteiger partial charge in [-0.05, 0) is 12.8 Å². The summed E-state index contributed by atoms with van der Waals surface area (Å²) in [6.45, 7) is 0. The Kier molecular flexibility index (Phi) is 15.4. The summed E-state index contributed by atoms with van der Waals surface area (Å²) in [5.74, 6) is -1.27. The Labute approximate surface area is 130 Å². The standard InChI is InChI=1S/C8H14O4.C6H10O4/c1-11-7(9)5-3-4-6-8(10)12-2;1-9-5(7)3-4-6(8)10-2/h3-6H2,1-2H3;3-4H2,1-2H3. The molecule has 0 bridgehead atoms. The van der Waals surface area contributed by atoms with E-state index in [1.165, 1.54) is 28.4 Å². The lowest BCUT2D eigenvalue weighted by Gasteiger charge is -1.98. The van der Waals surface area contributed by atoms with Gasteiger partial charge in [-0.15, -0.1) is 0 Å². The Balaban J connectivity index is 0. The van der Waals surface area contributed by atoms with Crippen LogP contribution in [0.25, 0.3) is 0 Å². The van der Waals surface area contributed by atoms with Gasteiger partial charge in [-0.1, -0.05) is 0 Å². The summed E-state index contributed by atoms with van der Waals surface area (Å²) < 4.78 is 17.5. The highest BCUT2D eigenvalue weighted by molar-refractivity contribution is 5.77. The first kappa shape index (κ1) is 22.2. The number of hydrogen-bond donors (Lipinski definition) is 0. The lowest BCUT2D eigenvalue weighted by Crippen LogP contribution is -2.06. The molecule has 0 spiro atoms. The molecular formula is C14H24O8. The fourth-order valence-electron chi connectivity index (χ4n) is 1.15. The molecule has 0 aromatic carbocycles. The molecule has 128 valence electrons. The van der Waals surface area contributed by atoms with Gasteiger partial charge in [-0.25, -0.2) is 0 Å². The van der Waals surface area contributed by atoms with Gasteiger partial charge in [0.2, 0.25) is 0 Å². The third kappa shape index (κ3) is 15.9. The second-order valence-electron chi connectivity index (χ2n) is 4.01. The van der Waals surface area contributed by atoms with Gasteiger partial charge in [0.15, 0.2) is 0 Å². The molecule has 0 aromatic heterocycles. The van der Waals surface area contributed by atoms with E-state index in [9.17, 15) is 19.2 Å². The van der Waals surface area contributed by atoms with Crippen LogP contribution in [0, 0.1) is 0 Å². The van der Waals surface area contributed by atoms with E-state index in [-0.39, 0.29) is 24.8 Å². The molecule has 0 aliphatic carbocycles. The molecule has 0 aliphatic heterocycles. The van der Waals surface area contributed by atoms with Gasteiger partial charge in [0.25, 0.3) is 0 Å². The summed E-state index contributed by atoms with van der Waals surface area (Å²) in [4.78, 5) is 42.0. The minimum absolute atomic E-state index is 0.0865. The second kappa shape index (κ2) is 15.3. The quantitative estimate of drug-likeness (QED) is 0.370. The average molecular weight is 320 g/mol. The lowest BCUT2D eigenvalue weighted by molar-refractivity contribution is -0.147. The summed E-state index contributed by atoms with van der Waals surface area (Å²) in [7, 11) is 5.25. The van der Waals surface area contributed by atoms with E-state index >= 15 is 0 Å². The van der Waals surface area contributed by atoms with Crippen LogP contribution >= 0.6 is 0 Å². The van der Waals surface area contributed by atoms with Gasteiger partial charge in [-0.2, -0.15) is 0 Å². The van der Waals surface area contributed by atoms with E-state index in [4.69, 9.17) is 0 Å². The van der Waals surface area contributed by atoms with Crippen LogP contribution in [-0.2, 0) is 38.1 Å². The highest BCUT2D eigenvalue weighted by Gasteiger charge is 2.05. The first-order chi connectivity index (χ1) is 10.4. The molecule has 8 nitrogen and oxygen atoms in total. The monoisotopic (exact) mass is 320 g/mol. The zero-order chi connectivity index (χ0) is 17.4. The molecule has 0 atom stereocenters. The Morgan fingerprint density at radius 3 is 0.955 bits per heavy atom. The van der Waals surface area contributed by atoms with E-state index in [1.54, 1.807) is 0 Å². The van der Waals surface area contributed by atoms with Crippen LogP contribution in [0.3, 0.4) is 0 Å². The van der Waals surface area contributed by atoms with Crippen molar-refractivity contribution in [1.29, 1.82) is 0 Å². The molecule has 0 rings (SSSR count). The van der Waals surface area contributed by atoms with Crippen LogP contribution < -0.4 is 0 Å². The van der Waals surface area contributed by atoms with E-state index in [2.05, 4.69) is 18.9 Å². The van der Waals surface area contributed by atoms with Gasteiger partial charge in [0.05, 0.1) is 41.3 Å². The van der Waals surface area contributed by atoms with Crippen molar-refractivity contribution < 1.29 is 38.1 Å². The Morgan fingerprint density at radius 2 is 0.727 bits per heavy atom. The van der Waals surface area contributed by atoms with Gasteiger partial charge < -0.3 is 18.9 Å². The fourth-order valence-corrected chi connectivity index (χ4v) is 1.15. The molecule has 0 aromatic rings. The number of unbranched alkanes of at least 4 members (excludes halogenated alkanes) is 1. The number of methoxy groups -OCH3 is 4. The molecule has 0 unspecified atom stereocenters. The maximum absolute atomic E-state index is 10.6. The van der Waals surface area contributed by atoms with E-state index in [0.717, 1.165) is 0 Å². The number of hydrogen-bond acceptors (Lipinski definition) is 8. The number of carbonyl (C=O) groups excluding carboxylic acids is 4. The minimum Gasteiger partial charge on any atom is -0.469 e. The largest absolute Gasteiger partial charge is 0.469 e. The molecule has 0 N–H and O–H groups in total. The van der Waals surface area contributed by atoms with Crippen LogP contribution in [0.5, 0.6) is 0 Å². The predicted octanol–water partition coefficient (Wildman–Crippen LogP) is 1.01. The number of carbonyl (C=O) groups is 4. The highest BCUT2D eigenvalue weighted by Crippen LogP contribution is 2.01. The van der Waals surface area contributed by atoms with E-state index in [1.807, 2.05) is 0 Å². The van der Waals surface area contributed by atoms with Crippen molar-refractivity contribution in [2.45, 2.75) is 38.5 Å². The van der Waals surface area contributed by atoms with Gasteiger partial charge in [-0.3, -0.25) is 19.2 Å². The van der Waals surface area contributed by atoms with Crippen molar-refractivity contribution in [3.63, 3.8) is 0 Å². The molecule has 0 heterocycles. The summed E-state index contributed by atoms with van der Waals surface area (Å²) in [6.07, 6.45) is 2.25. The van der Waals surface area contributed by atoms with Crippen molar-refractivity contribution in [3.8, 4) is 0 Å². The number of rotatable bonds is 8. The van der Waals surface area contributed by atoms with E-state index < -0.39 is 11.9 Å². The average Bonchev–Trinajstić information content (AvgIpc) is 2.55. The van der Waals surface area contributed by atoms with Crippen molar-refractivity contribution >= 4 is 23.9 Å². The molecule has 8 heteroatoms. The molecular weight excluding hydrogens is 296 g/mol. The summed E-state index contributed by atoms with van der Waals surface area (Å²) in [5, 5.41) is 0. The molecule has 22 heavy (non-hydrogen) atoms. The van der Waals surface area contributed by atoms with Crippen molar-refractivity contribution in [1.82, 2.24) is 0 Å². The maximum atomic E-state index is 10.6. The van der Waals surface area contributed by atoms with Crippen molar-refractivity contribution in [2.24, 2.45) is 0 Å². The van der Waals surface area contributed by atoms with Crippen LogP contribution in [0.4, 0.5) is 0 Å². The highest BCUT2D eigenvalue weighted by atomic mass is 16.5. The van der Waals surface area contributed by atoms with Crippen LogP contribution in [0.1, 0.15) is 38.5 Å². The number of esters is 4. The molecule has 0 fully saturated rings. The topological polar surface area (TPSA) is 105 Å². The first-order valence-corrected chi connectivity index (χ1v) is 6.68. The smallest absolute Gasteiger partial charge is 0.306 e. The van der Waals surface area contributed by atoms with Gasteiger partial charge in [0, 0.05) is 12.8 Å². The maximum Gasteiger partial charge on any atom is 0.306 e. The third-order valence-corrected chi connectivity index (χ3v) is 2.46. The zero-order valence-corrected chi connectivity index (χ0v) is 13.5.